The summed E-state index contributed by atoms with van der Waals surface area (Å²) in [5.74, 6) is 0.526. The van der Waals surface area contributed by atoms with Crippen molar-refractivity contribution in [1.82, 2.24) is 25.6 Å². The van der Waals surface area contributed by atoms with Gasteiger partial charge in [-0.2, -0.15) is 5.21 Å². The average molecular weight is 464 g/mol. The maximum Gasteiger partial charge on any atom is 0.239 e. The molecule has 0 spiro atoms. The molecule has 5 rings (SSSR count). The number of nitrogens with one attached hydrogen (secondary N) is 1. The molecule has 0 amide bonds. The number of tetrazole rings is 1. The molecule has 10 heteroatoms. The minimum absolute atomic E-state index is 0.0529. The summed E-state index contributed by atoms with van der Waals surface area (Å²) in [5.41, 5.74) is 9.36. The van der Waals surface area contributed by atoms with E-state index < -0.39 is 10.0 Å². The van der Waals surface area contributed by atoms with E-state index in [0.717, 1.165) is 42.1 Å². The maximum atomic E-state index is 13.0. The molecule has 2 heterocycles. The number of rotatable bonds is 5. The van der Waals surface area contributed by atoms with Gasteiger partial charge < -0.3 is 5.73 Å². The maximum absolute atomic E-state index is 13.0. The van der Waals surface area contributed by atoms with E-state index in [9.17, 15) is 8.42 Å². The summed E-state index contributed by atoms with van der Waals surface area (Å²) < 4.78 is 25.9. The third-order valence-corrected chi connectivity index (χ3v) is 7.47. The first-order valence-electron chi connectivity index (χ1n) is 10.9. The third kappa shape index (κ3) is 4.24. The Morgan fingerprint density at radius 3 is 2.52 bits per heavy atom. The summed E-state index contributed by atoms with van der Waals surface area (Å²) >= 11 is 0. The van der Waals surface area contributed by atoms with E-state index in [2.05, 4.69) is 25.6 Å². The van der Waals surface area contributed by atoms with Gasteiger partial charge in [-0.05, 0) is 72.1 Å². The summed E-state index contributed by atoms with van der Waals surface area (Å²) in [6, 6.07) is 13.6. The van der Waals surface area contributed by atoms with E-state index in [1.54, 1.807) is 6.20 Å². The Hall–Kier alpha value is -3.21. The molecule has 1 aliphatic rings. The largest absolute Gasteiger partial charge is 0.328 e. The summed E-state index contributed by atoms with van der Waals surface area (Å²) in [6.07, 6.45) is 6.09. The summed E-state index contributed by atoms with van der Waals surface area (Å²) in [4.78, 5) is 4.48. The quantitative estimate of drug-likeness (QED) is 0.411. The van der Waals surface area contributed by atoms with Crippen LogP contribution in [0.2, 0.25) is 0 Å². The SMILES string of the molecule is NS(=O)(=O)c1c(C[C@H]2CC[C@H](N)CC2)ccc(-c2ccnc3ccccc23)c1-c1nn[nH]n1. The number of nitrogens with two attached hydrogens (primary N) is 2. The fourth-order valence-corrected chi connectivity index (χ4v) is 5.86. The monoisotopic (exact) mass is 463 g/mol. The van der Waals surface area contributed by atoms with Gasteiger partial charge in [0.15, 0.2) is 0 Å². The highest BCUT2D eigenvalue weighted by Gasteiger charge is 2.29. The predicted molar refractivity (Wildman–Crippen MR) is 125 cm³/mol. The number of hydrogen-bond acceptors (Lipinski definition) is 7. The van der Waals surface area contributed by atoms with Crippen LogP contribution in [0.5, 0.6) is 0 Å². The van der Waals surface area contributed by atoms with Crippen LogP contribution in [-0.4, -0.2) is 40.1 Å². The number of para-hydroxylation sites is 1. The number of hydrogen-bond donors (Lipinski definition) is 3. The zero-order valence-corrected chi connectivity index (χ0v) is 18.8. The highest BCUT2D eigenvalue weighted by atomic mass is 32.2. The van der Waals surface area contributed by atoms with Crippen LogP contribution in [0.15, 0.2) is 53.6 Å². The highest BCUT2D eigenvalue weighted by Crippen LogP contribution is 2.40. The molecule has 2 aromatic carbocycles. The highest BCUT2D eigenvalue weighted by molar-refractivity contribution is 7.89. The van der Waals surface area contributed by atoms with Crippen LogP contribution in [0.25, 0.3) is 33.4 Å². The molecule has 0 atom stereocenters. The number of nitrogens with zero attached hydrogens (tertiary/aromatic N) is 4. The number of benzene rings is 2. The third-order valence-electron chi connectivity index (χ3n) is 6.43. The normalized spacial score (nSPS) is 19.1. The lowest BCUT2D eigenvalue weighted by molar-refractivity contribution is 0.323. The van der Waals surface area contributed by atoms with E-state index in [-0.39, 0.29) is 16.8 Å². The molecule has 0 aliphatic heterocycles. The molecule has 2 aromatic heterocycles. The number of fused-ring (bicyclic) bond motifs is 1. The van der Waals surface area contributed by atoms with Crippen LogP contribution in [0.4, 0.5) is 0 Å². The van der Waals surface area contributed by atoms with Gasteiger partial charge in [-0.3, -0.25) is 4.98 Å². The molecule has 1 fully saturated rings. The molecule has 4 aromatic rings. The van der Waals surface area contributed by atoms with E-state index in [4.69, 9.17) is 10.9 Å². The molecule has 1 saturated carbocycles. The average Bonchev–Trinajstić information content (AvgIpc) is 3.34. The fraction of sp³-hybridized carbons (Fsp3) is 0.304. The molecule has 0 unspecified atom stereocenters. The second-order valence-corrected chi connectivity index (χ2v) is 10.1. The van der Waals surface area contributed by atoms with Crippen LogP contribution in [0, 0.1) is 5.92 Å². The van der Waals surface area contributed by atoms with Crippen molar-refractivity contribution in [2.24, 2.45) is 16.8 Å². The molecule has 33 heavy (non-hydrogen) atoms. The Bertz CT molecular complexity index is 1390. The van der Waals surface area contributed by atoms with Crippen molar-refractivity contribution in [3.8, 4) is 22.5 Å². The molecule has 170 valence electrons. The summed E-state index contributed by atoms with van der Waals surface area (Å²) in [6.45, 7) is 0. The van der Waals surface area contributed by atoms with Gasteiger partial charge in [-0.25, -0.2) is 13.6 Å². The Labute approximate surface area is 191 Å². The zero-order valence-electron chi connectivity index (χ0n) is 18.0. The van der Waals surface area contributed by atoms with Crippen LogP contribution < -0.4 is 10.9 Å². The first-order chi connectivity index (χ1) is 15.9. The molecule has 0 saturated heterocycles. The fourth-order valence-electron chi connectivity index (χ4n) is 4.86. The van der Waals surface area contributed by atoms with Crippen molar-refractivity contribution >= 4 is 20.9 Å². The first-order valence-corrected chi connectivity index (χ1v) is 12.5. The van der Waals surface area contributed by atoms with Crippen molar-refractivity contribution in [3.05, 3.63) is 54.2 Å². The molecule has 0 radical (unpaired) electrons. The number of aromatic amines is 1. The molecule has 0 bridgehead atoms. The minimum Gasteiger partial charge on any atom is -0.328 e. The minimum atomic E-state index is -4.10. The number of aromatic nitrogens is 5. The molecule has 9 nitrogen and oxygen atoms in total. The number of primary sulfonamides is 1. The van der Waals surface area contributed by atoms with Gasteiger partial charge in [0.25, 0.3) is 0 Å². The Balaban J connectivity index is 1.74. The Kier molecular flexibility index (Phi) is 5.65. The molecular formula is C23H25N7O2S. The van der Waals surface area contributed by atoms with Gasteiger partial charge in [-0.15, -0.1) is 10.2 Å². The predicted octanol–water partition coefficient (Wildman–Crippen LogP) is 2.79. The second kappa shape index (κ2) is 8.62. The van der Waals surface area contributed by atoms with Gasteiger partial charge in [-0.1, -0.05) is 30.3 Å². The molecular weight excluding hydrogens is 438 g/mol. The smallest absolute Gasteiger partial charge is 0.239 e. The van der Waals surface area contributed by atoms with Crippen LogP contribution in [0.3, 0.4) is 0 Å². The van der Waals surface area contributed by atoms with Gasteiger partial charge in [0.05, 0.1) is 16.0 Å². The van der Waals surface area contributed by atoms with E-state index in [0.29, 0.717) is 29.0 Å². The van der Waals surface area contributed by atoms with Crippen molar-refractivity contribution in [2.75, 3.05) is 0 Å². The van der Waals surface area contributed by atoms with Crippen molar-refractivity contribution in [1.29, 1.82) is 0 Å². The summed E-state index contributed by atoms with van der Waals surface area (Å²) in [5, 5.41) is 21.1. The van der Waals surface area contributed by atoms with Gasteiger partial charge in [0, 0.05) is 17.6 Å². The molecule has 1 aliphatic carbocycles. The van der Waals surface area contributed by atoms with Crippen LogP contribution in [-0.2, 0) is 16.4 Å². The van der Waals surface area contributed by atoms with E-state index in [1.165, 1.54) is 0 Å². The lowest BCUT2D eigenvalue weighted by Crippen LogP contribution is -2.27. The van der Waals surface area contributed by atoms with Crippen molar-refractivity contribution < 1.29 is 8.42 Å². The van der Waals surface area contributed by atoms with E-state index in [1.807, 2.05) is 42.5 Å². The van der Waals surface area contributed by atoms with Gasteiger partial charge >= 0.3 is 0 Å². The van der Waals surface area contributed by atoms with Crippen LogP contribution in [0.1, 0.15) is 31.2 Å². The van der Waals surface area contributed by atoms with Crippen LogP contribution >= 0.6 is 0 Å². The van der Waals surface area contributed by atoms with Crippen molar-refractivity contribution in [3.63, 3.8) is 0 Å². The Morgan fingerprint density at radius 2 is 1.79 bits per heavy atom. The zero-order chi connectivity index (χ0) is 23.0. The number of sulfonamides is 1. The summed E-state index contributed by atoms with van der Waals surface area (Å²) in [7, 11) is -4.10. The number of H-pyrrole nitrogens is 1. The number of pyridine rings is 1. The second-order valence-electron chi connectivity index (χ2n) is 8.62. The first kappa shape index (κ1) is 21.6. The Morgan fingerprint density at radius 1 is 1.00 bits per heavy atom. The standard InChI is InChI=1S/C23H25N7O2S/c24-16-8-5-14(6-9-16)13-15-7-10-19(17-11-12-26-20-4-2-1-3-18(17)20)21(22(15)33(25,31)32)23-27-29-30-28-23/h1-4,7,10-12,14,16H,5-6,8-9,13,24H2,(H2,25,31,32)(H,27,28,29,30)/t14-,16-. The van der Waals surface area contributed by atoms with Crippen molar-refractivity contribution in [2.45, 2.75) is 43.0 Å². The lowest BCUT2D eigenvalue weighted by Gasteiger charge is -2.27. The van der Waals surface area contributed by atoms with Gasteiger partial charge in [0.2, 0.25) is 15.8 Å². The molecule has 5 N–H and O–H groups in total. The van der Waals surface area contributed by atoms with E-state index >= 15 is 0 Å². The van der Waals surface area contributed by atoms with Gasteiger partial charge in [0.1, 0.15) is 0 Å². The topological polar surface area (TPSA) is 154 Å². The lowest BCUT2D eigenvalue weighted by atomic mass is 9.82.